The van der Waals surface area contributed by atoms with Gasteiger partial charge in [0.05, 0.1) is 24.7 Å². The summed E-state index contributed by atoms with van der Waals surface area (Å²) in [6.45, 7) is 5.92. The highest BCUT2D eigenvalue weighted by Crippen LogP contribution is 2.26. The summed E-state index contributed by atoms with van der Waals surface area (Å²) >= 11 is 0. The van der Waals surface area contributed by atoms with Crippen molar-refractivity contribution in [1.82, 2.24) is 4.57 Å². The van der Waals surface area contributed by atoms with Crippen molar-refractivity contribution in [3.8, 4) is 5.75 Å². The molecule has 7 nitrogen and oxygen atoms in total. The van der Waals surface area contributed by atoms with Crippen LogP contribution in [0.15, 0.2) is 48.7 Å². The monoisotopic (exact) mass is 396 g/mol. The molecule has 0 aliphatic carbocycles. The Hall–Kier alpha value is -3.48. The number of carbonyl (C=O) groups excluding carboxylic acids is 1. The second kappa shape index (κ2) is 7.87. The Labute approximate surface area is 168 Å². The molecule has 0 bridgehead atoms. The molecule has 0 spiro atoms. The molecule has 0 saturated carbocycles. The summed E-state index contributed by atoms with van der Waals surface area (Å²) in [6.07, 6.45) is 1.42. The zero-order valence-electron chi connectivity index (χ0n) is 16.9. The largest absolute Gasteiger partial charge is 0.496 e. The number of anilines is 1. The van der Waals surface area contributed by atoms with E-state index in [2.05, 4.69) is 5.32 Å². The number of hydrogen-bond donors (Lipinski definition) is 2. The maximum atomic E-state index is 12.0. The number of benzene rings is 2. The molecule has 7 heteroatoms. The minimum absolute atomic E-state index is 0.173. The van der Waals surface area contributed by atoms with E-state index in [9.17, 15) is 9.59 Å². The third-order valence-electron chi connectivity index (χ3n) is 4.29. The first-order valence-electron chi connectivity index (χ1n) is 9.15. The molecule has 1 heterocycles. The van der Waals surface area contributed by atoms with Gasteiger partial charge in [-0.2, -0.15) is 0 Å². The lowest BCUT2D eigenvalue weighted by Gasteiger charge is -2.19. The quantitative estimate of drug-likeness (QED) is 0.650. The van der Waals surface area contributed by atoms with E-state index < -0.39 is 17.7 Å². The molecule has 3 aromatic rings. The maximum absolute atomic E-state index is 12.0. The van der Waals surface area contributed by atoms with Gasteiger partial charge in [0, 0.05) is 17.4 Å². The van der Waals surface area contributed by atoms with Crippen LogP contribution in [0.5, 0.6) is 5.75 Å². The summed E-state index contributed by atoms with van der Waals surface area (Å²) in [6, 6.07) is 12.4. The van der Waals surface area contributed by atoms with Gasteiger partial charge in [0.2, 0.25) is 0 Å². The molecule has 1 amide bonds. The van der Waals surface area contributed by atoms with Crippen LogP contribution in [0, 0.1) is 0 Å². The van der Waals surface area contributed by atoms with Gasteiger partial charge in [-0.25, -0.2) is 9.59 Å². The van der Waals surface area contributed by atoms with Crippen LogP contribution in [0.3, 0.4) is 0 Å². The summed E-state index contributed by atoms with van der Waals surface area (Å²) in [4.78, 5) is 23.2. The number of rotatable bonds is 5. The van der Waals surface area contributed by atoms with Crippen LogP contribution in [0.2, 0.25) is 0 Å². The second-order valence-electron chi connectivity index (χ2n) is 7.68. The van der Waals surface area contributed by atoms with Crippen LogP contribution in [-0.4, -0.2) is 34.4 Å². The Kier molecular flexibility index (Phi) is 5.50. The van der Waals surface area contributed by atoms with Gasteiger partial charge in [0.1, 0.15) is 11.4 Å². The predicted molar refractivity (Wildman–Crippen MR) is 111 cm³/mol. The Balaban J connectivity index is 1.87. The number of aromatic carboxylic acids is 1. The van der Waals surface area contributed by atoms with E-state index in [0.29, 0.717) is 18.0 Å². The Bertz CT molecular complexity index is 1060. The van der Waals surface area contributed by atoms with E-state index in [0.717, 1.165) is 16.5 Å². The van der Waals surface area contributed by atoms with E-state index in [1.807, 2.05) is 55.8 Å². The van der Waals surface area contributed by atoms with E-state index in [1.165, 1.54) is 13.2 Å². The van der Waals surface area contributed by atoms with Crippen LogP contribution >= 0.6 is 0 Å². The molecular weight excluding hydrogens is 372 g/mol. The summed E-state index contributed by atoms with van der Waals surface area (Å²) in [7, 11) is 1.51. The lowest BCUT2D eigenvalue weighted by atomic mass is 10.1. The fourth-order valence-corrected chi connectivity index (χ4v) is 3.01. The summed E-state index contributed by atoms with van der Waals surface area (Å²) in [5, 5.41) is 12.9. The van der Waals surface area contributed by atoms with Crippen molar-refractivity contribution in [2.45, 2.75) is 32.9 Å². The molecule has 0 unspecified atom stereocenters. The van der Waals surface area contributed by atoms with Crippen molar-refractivity contribution in [3.63, 3.8) is 0 Å². The number of nitrogens with zero attached hydrogens (tertiary/aromatic N) is 1. The Morgan fingerprint density at radius 1 is 1.10 bits per heavy atom. The van der Waals surface area contributed by atoms with Crippen LogP contribution in [-0.2, 0) is 11.3 Å². The van der Waals surface area contributed by atoms with Crippen LogP contribution in [0.25, 0.3) is 10.9 Å². The number of carboxylic acids is 1. The third-order valence-corrected chi connectivity index (χ3v) is 4.29. The number of hydrogen-bond acceptors (Lipinski definition) is 4. The van der Waals surface area contributed by atoms with Crippen molar-refractivity contribution in [1.29, 1.82) is 0 Å². The van der Waals surface area contributed by atoms with Gasteiger partial charge in [-0.15, -0.1) is 0 Å². The van der Waals surface area contributed by atoms with Gasteiger partial charge in [0.15, 0.2) is 0 Å². The van der Waals surface area contributed by atoms with Crippen molar-refractivity contribution in [2.75, 3.05) is 12.4 Å². The van der Waals surface area contributed by atoms with Crippen LogP contribution < -0.4 is 10.1 Å². The van der Waals surface area contributed by atoms with Gasteiger partial charge in [0.25, 0.3) is 0 Å². The van der Waals surface area contributed by atoms with Gasteiger partial charge in [-0.05, 0) is 56.5 Å². The van der Waals surface area contributed by atoms with E-state index >= 15 is 0 Å². The average molecular weight is 396 g/mol. The molecule has 0 aliphatic heterocycles. The minimum Gasteiger partial charge on any atom is -0.496 e. The Morgan fingerprint density at radius 2 is 1.86 bits per heavy atom. The second-order valence-corrected chi connectivity index (χ2v) is 7.68. The highest BCUT2D eigenvalue weighted by molar-refractivity contribution is 5.90. The fourth-order valence-electron chi connectivity index (χ4n) is 3.01. The van der Waals surface area contributed by atoms with E-state index in [1.54, 1.807) is 12.1 Å². The molecule has 2 aromatic carbocycles. The van der Waals surface area contributed by atoms with Crippen molar-refractivity contribution >= 4 is 28.7 Å². The number of methoxy groups -OCH3 is 1. The first-order chi connectivity index (χ1) is 13.7. The van der Waals surface area contributed by atoms with Crippen molar-refractivity contribution in [3.05, 3.63) is 59.8 Å². The summed E-state index contributed by atoms with van der Waals surface area (Å²) < 4.78 is 12.7. The average Bonchev–Trinajstić information content (AvgIpc) is 3.02. The number of nitrogens with one attached hydrogen (secondary N) is 1. The highest BCUT2D eigenvalue weighted by atomic mass is 16.6. The summed E-state index contributed by atoms with van der Waals surface area (Å²) in [5.41, 5.74) is 1.99. The lowest BCUT2D eigenvalue weighted by molar-refractivity contribution is 0.0634. The molecule has 2 N–H and O–H groups in total. The molecule has 1 aromatic heterocycles. The molecule has 0 aliphatic rings. The number of carbonyl (C=O) groups is 2. The first kappa shape index (κ1) is 20.3. The first-order valence-corrected chi connectivity index (χ1v) is 9.15. The maximum Gasteiger partial charge on any atom is 0.412 e. The lowest BCUT2D eigenvalue weighted by Crippen LogP contribution is -2.27. The van der Waals surface area contributed by atoms with Crippen molar-refractivity contribution in [2.24, 2.45) is 0 Å². The minimum atomic E-state index is -1.00. The Morgan fingerprint density at radius 3 is 2.52 bits per heavy atom. The molecule has 3 rings (SSSR count). The standard InChI is InChI=1S/C22H24N2O5/c1-22(2,3)29-21(27)23-17-8-7-14-9-10-24(18(14)12-17)13-16-6-5-15(20(25)26)11-19(16)28-4/h5-12H,13H2,1-4H3,(H,23,27)(H,25,26). The molecular formula is C22H24N2O5. The third kappa shape index (κ3) is 4.87. The number of aromatic nitrogens is 1. The number of carboxylic acid groups (broad SMARTS) is 1. The normalized spacial score (nSPS) is 11.3. The molecule has 0 fully saturated rings. The molecule has 152 valence electrons. The van der Waals surface area contributed by atoms with Gasteiger partial charge in [-0.3, -0.25) is 5.32 Å². The van der Waals surface area contributed by atoms with Crippen molar-refractivity contribution < 1.29 is 24.2 Å². The van der Waals surface area contributed by atoms with Gasteiger partial charge >= 0.3 is 12.1 Å². The smallest absolute Gasteiger partial charge is 0.412 e. The zero-order chi connectivity index (χ0) is 21.2. The van der Waals surface area contributed by atoms with Gasteiger partial charge < -0.3 is 19.1 Å². The summed E-state index contributed by atoms with van der Waals surface area (Å²) in [5.74, 6) is -0.492. The SMILES string of the molecule is COc1cc(C(=O)O)ccc1Cn1ccc2ccc(NC(=O)OC(C)(C)C)cc21. The predicted octanol–water partition coefficient (Wildman–Crippen LogP) is 4.74. The van der Waals surface area contributed by atoms with E-state index in [4.69, 9.17) is 14.6 Å². The highest BCUT2D eigenvalue weighted by Gasteiger charge is 2.16. The van der Waals surface area contributed by atoms with Gasteiger partial charge in [-0.1, -0.05) is 12.1 Å². The fraction of sp³-hybridized carbons (Fsp3) is 0.273. The molecule has 0 radical (unpaired) electrons. The van der Waals surface area contributed by atoms with Crippen LogP contribution in [0.1, 0.15) is 36.7 Å². The molecule has 0 saturated heterocycles. The van der Waals surface area contributed by atoms with E-state index in [-0.39, 0.29) is 5.56 Å². The molecule has 0 atom stereocenters. The zero-order valence-corrected chi connectivity index (χ0v) is 16.9. The topological polar surface area (TPSA) is 89.8 Å². The number of ether oxygens (including phenoxy) is 2. The number of amides is 1. The molecule has 29 heavy (non-hydrogen) atoms. The van der Waals surface area contributed by atoms with Crippen LogP contribution in [0.4, 0.5) is 10.5 Å². The number of fused-ring (bicyclic) bond motifs is 1.